The van der Waals surface area contributed by atoms with E-state index >= 15 is 0 Å². The number of halogens is 2. The third kappa shape index (κ3) is 2.88. The summed E-state index contributed by atoms with van der Waals surface area (Å²) in [6, 6.07) is 9.79. The molecule has 92 valence electrons. The van der Waals surface area contributed by atoms with Crippen LogP contribution < -0.4 is 0 Å². The Bertz CT molecular complexity index is 558. The zero-order chi connectivity index (χ0) is 13.0. The van der Waals surface area contributed by atoms with Crippen LogP contribution in [0.25, 0.3) is 0 Å². The number of aromatic nitrogens is 1. The molecule has 2 rings (SSSR count). The normalized spacial score (nSPS) is 10.1. The van der Waals surface area contributed by atoms with E-state index in [-0.39, 0.29) is 12.2 Å². The number of esters is 1. The van der Waals surface area contributed by atoms with Crippen LogP contribution in [0.4, 0.5) is 8.78 Å². The molecule has 1 heterocycles. The van der Waals surface area contributed by atoms with E-state index in [1.807, 2.05) is 18.2 Å². The molecule has 2 aromatic rings. The number of hydrogen-bond acceptors (Lipinski definition) is 3. The summed E-state index contributed by atoms with van der Waals surface area (Å²) in [7, 11) is 0. The number of carbonyl (C=O) groups excluding carboxylic acids is 1. The zero-order valence-corrected chi connectivity index (χ0v) is 9.27. The Labute approximate surface area is 102 Å². The van der Waals surface area contributed by atoms with Crippen LogP contribution in [0, 0.1) is 11.8 Å². The number of benzene rings is 1. The van der Waals surface area contributed by atoms with Gasteiger partial charge in [-0.2, -0.15) is 4.39 Å². The predicted molar refractivity (Wildman–Crippen MR) is 59.7 cm³/mol. The lowest BCUT2D eigenvalue weighted by atomic mass is 10.2. The summed E-state index contributed by atoms with van der Waals surface area (Å²) >= 11 is 0. The standard InChI is InChI=1S/C13H9F2NO2/c14-11-6-10(7-16-12(11)15)13(17)18-8-9-4-2-1-3-5-9/h1-7H,8H2. The fraction of sp³-hybridized carbons (Fsp3) is 0.0769. The van der Waals surface area contributed by atoms with Crippen LogP contribution in [-0.4, -0.2) is 11.0 Å². The van der Waals surface area contributed by atoms with Gasteiger partial charge in [0, 0.05) is 6.20 Å². The van der Waals surface area contributed by atoms with E-state index in [1.54, 1.807) is 12.1 Å². The van der Waals surface area contributed by atoms with Gasteiger partial charge in [-0.15, -0.1) is 0 Å². The molecule has 0 aliphatic carbocycles. The van der Waals surface area contributed by atoms with Gasteiger partial charge < -0.3 is 4.74 Å². The molecule has 0 fully saturated rings. The van der Waals surface area contributed by atoms with Crippen LogP contribution in [0.3, 0.4) is 0 Å². The fourth-order valence-electron chi connectivity index (χ4n) is 1.34. The van der Waals surface area contributed by atoms with Crippen molar-refractivity contribution in [3.63, 3.8) is 0 Å². The molecule has 1 aromatic heterocycles. The van der Waals surface area contributed by atoms with Crippen molar-refractivity contribution in [2.75, 3.05) is 0 Å². The van der Waals surface area contributed by atoms with E-state index in [1.165, 1.54) is 0 Å². The van der Waals surface area contributed by atoms with Gasteiger partial charge in [0.15, 0.2) is 5.82 Å². The highest BCUT2D eigenvalue weighted by atomic mass is 19.2. The maximum atomic E-state index is 12.9. The van der Waals surface area contributed by atoms with Crippen molar-refractivity contribution in [2.45, 2.75) is 6.61 Å². The van der Waals surface area contributed by atoms with Crippen molar-refractivity contribution in [3.05, 3.63) is 65.5 Å². The molecule has 0 atom stereocenters. The molecule has 0 spiro atoms. The highest BCUT2D eigenvalue weighted by molar-refractivity contribution is 5.88. The monoisotopic (exact) mass is 249 g/mol. The molecular formula is C13H9F2NO2. The molecule has 0 aliphatic rings. The largest absolute Gasteiger partial charge is 0.457 e. The van der Waals surface area contributed by atoms with Crippen LogP contribution in [0.1, 0.15) is 15.9 Å². The SMILES string of the molecule is O=C(OCc1ccccc1)c1cnc(F)c(F)c1. The predicted octanol–water partition coefficient (Wildman–Crippen LogP) is 2.72. The summed E-state index contributed by atoms with van der Waals surface area (Å²) in [6.07, 6.45) is 0.936. The molecule has 0 unspecified atom stereocenters. The lowest BCUT2D eigenvalue weighted by Crippen LogP contribution is -2.07. The zero-order valence-electron chi connectivity index (χ0n) is 9.27. The molecule has 0 aliphatic heterocycles. The van der Waals surface area contributed by atoms with Crippen molar-refractivity contribution in [1.29, 1.82) is 0 Å². The average molecular weight is 249 g/mol. The van der Waals surface area contributed by atoms with Crippen LogP contribution in [0.15, 0.2) is 42.6 Å². The summed E-state index contributed by atoms with van der Waals surface area (Å²) in [5.41, 5.74) is 0.686. The minimum Gasteiger partial charge on any atom is -0.457 e. The van der Waals surface area contributed by atoms with Gasteiger partial charge in [-0.1, -0.05) is 30.3 Å². The van der Waals surface area contributed by atoms with Crippen molar-refractivity contribution in [3.8, 4) is 0 Å². The molecule has 0 amide bonds. The van der Waals surface area contributed by atoms with E-state index in [0.717, 1.165) is 17.8 Å². The Morgan fingerprint density at radius 1 is 1.22 bits per heavy atom. The van der Waals surface area contributed by atoms with Crippen LogP contribution in [0.5, 0.6) is 0 Å². The van der Waals surface area contributed by atoms with E-state index in [4.69, 9.17) is 4.74 Å². The topological polar surface area (TPSA) is 39.2 Å². The Kier molecular flexibility index (Phi) is 3.62. The van der Waals surface area contributed by atoms with Gasteiger partial charge in [0.1, 0.15) is 6.61 Å². The molecule has 5 heteroatoms. The second-order valence-electron chi connectivity index (χ2n) is 3.56. The third-order valence-corrected chi connectivity index (χ3v) is 2.24. The highest BCUT2D eigenvalue weighted by Gasteiger charge is 2.12. The van der Waals surface area contributed by atoms with Gasteiger partial charge >= 0.3 is 5.97 Å². The second-order valence-corrected chi connectivity index (χ2v) is 3.56. The maximum absolute atomic E-state index is 12.9. The first-order valence-electron chi connectivity index (χ1n) is 5.19. The first-order chi connectivity index (χ1) is 8.66. The third-order valence-electron chi connectivity index (χ3n) is 2.24. The van der Waals surface area contributed by atoms with Crippen molar-refractivity contribution < 1.29 is 18.3 Å². The number of nitrogens with zero attached hydrogens (tertiary/aromatic N) is 1. The van der Waals surface area contributed by atoms with E-state index < -0.39 is 17.7 Å². The van der Waals surface area contributed by atoms with Gasteiger partial charge in [-0.05, 0) is 11.6 Å². The van der Waals surface area contributed by atoms with Gasteiger partial charge in [-0.25, -0.2) is 14.2 Å². The van der Waals surface area contributed by atoms with Gasteiger partial charge in [0.05, 0.1) is 5.56 Å². The Morgan fingerprint density at radius 2 is 1.94 bits per heavy atom. The van der Waals surface area contributed by atoms with E-state index in [2.05, 4.69) is 4.98 Å². The lowest BCUT2D eigenvalue weighted by molar-refractivity contribution is 0.0471. The van der Waals surface area contributed by atoms with Crippen LogP contribution >= 0.6 is 0 Å². The molecule has 0 saturated carbocycles. The minimum atomic E-state index is -1.24. The maximum Gasteiger partial charge on any atom is 0.340 e. The van der Waals surface area contributed by atoms with Crippen molar-refractivity contribution in [2.24, 2.45) is 0 Å². The van der Waals surface area contributed by atoms with Gasteiger partial charge in [-0.3, -0.25) is 0 Å². The number of rotatable bonds is 3. The molecule has 3 nitrogen and oxygen atoms in total. The first-order valence-corrected chi connectivity index (χ1v) is 5.19. The van der Waals surface area contributed by atoms with E-state index in [0.29, 0.717) is 0 Å². The number of ether oxygens (including phenoxy) is 1. The fourth-order valence-corrected chi connectivity index (χ4v) is 1.34. The molecule has 18 heavy (non-hydrogen) atoms. The lowest BCUT2D eigenvalue weighted by Gasteiger charge is -2.04. The number of pyridine rings is 1. The molecular weight excluding hydrogens is 240 g/mol. The summed E-state index contributed by atoms with van der Waals surface area (Å²) in [6.45, 7) is 0.0681. The average Bonchev–Trinajstić information content (AvgIpc) is 2.40. The smallest absolute Gasteiger partial charge is 0.340 e. The van der Waals surface area contributed by atoms with Crippen molar-refractivity contribution >= 4 is 5.97 Å². The Balaban J connectivity index is 2.02. The number of hydrogen-bond donors (Lipinski definition) is 0. The van der Waals surface area contributed by atoms with Crippen LogP contribution in [-0.2, 0) is 11.3 Å². The first kappa shape index (κ1) is 12.2. The minimum absolute atomic E-state index is 0.0681. The van der Waals surface area contributed by atoms with Crippen LogP contribution in [0.2, 0.25) is 0 Å². The van der Waals surface area contributed by atoms with Crippen molar-refractivity contribution in [1.82, 2.24) is 4.98 Å². The highest BCUT2D eigenvalue weighted by Crippen LogP contribution is 2.08. The summed E-state index contributed by atoms with van der Waals surface area (Å²) in [4.78, 5) is 14.6. The summed E-state index contributed by atoms with van der Waals surface area (Å²) in [5, 5.41) is 0. The summed E-state index contributed by atoms with van der Waals surface area (Å²) < 4.78 is 30.4. The summed E-state index contributed by atoms with van der Waals surface area (Å²) in [5.74, 6) is -3.16. The second kappa shape index (κ2) is 5.35. The van der Waals surface area contributed by atoms with E-state index in [9.17, 15) is 13.6 Å². The molecule has 0 bridgehead atoms. The molecule has 0 saturated heterocycles. The van der Waals surface area contributed by atoms with Gasteiger partial charge in [0.25, 0.3) is 0 Å². The molecule has 0 N–H and O–H groups in total. The number of carbonyl (C=O) groups is 1. The quantitative estimate of drug-likeness (QED) is 0.620. The van der Waals surface area contributed by atoms with Gasteiger partial charge in [0.2, 0.25) is 5.95 Å². The molecule has 1 aromatic carbocycles. The Hall–Kier alpha value is -2.30. The Morgan fingerprint density at radius 3 is 2.61 bits per heavy atom. The molecule has 0 radical (unpaired) electrons.